The molecule has 0 bridgehead atoms. The van der Waals surface area contributed by atoms with Gasteiger partial charge in [0, 0.05) is 5.92 Å². The molecular formula is C10H17N3O. The molecule has 0 radical (unpaired) electrons. The minimum atomic E-state index is 0.353. The minimum absolute atomic E-state index is 0.353. The third-order valence-corrected chi connectivity index (χ3v) is 2.56. The molecule has 2 rings (SSSR count). The lowest BCUT2D eigenvalue weighted by Gasteiger charge is -2.09. The number of hydrogen-bond donors (Lipinski definition) is 0. The quantitative estimate of drug-likeness (QED) is 0.737. The minimum Gasteiger partial charge on any atom is -0.338 e. The van der Waals surface area contributed by atoms with Gasteiger partial charge in [0.25, 0.3) is 0 Å². The molecule has 0 spiro atoms. The fourth-order valence-corrected chi connectivity index (χ4v) is 1.70. The third-order valence-electron chi connectivity index (χ3n) is 2.56. The van der Waals surface area contributed by atoms with E-state index >= 15 is 0 Å². The predicted molar refractivity (Wildman–Crippen MR) is 52.9 cm³/mol. The summed E-state index contributed by atoms with van der Waals surface area (Å²) < 4.78 is 5.19. The first kappa shape index (κ1) is 9.65. The van der Waals surface area contributed by atoms with Crippen LogP contribution in [0.15, 0.2) is 4.52 Å². The van der Waals surface area contributed by atoms with Gasteiger partial charge in [-0.25, -0.2) is 0 Å². The predicted octanol–water partition coefficient (Wildman–Crippen LogP) is 1.79. The molecule has 1 fully saturated rings. The highest BCUT2D eigenvalue weighted by atomic mass is 16.5. The number of hydrogen-bond acceptors (Lipinski definition) is 4. The molecule has 0 aromatic carbocycles. The van der Waals surface area contributed by atoms with E-state index in [0.717, 1.165) is 18.3 Å². The Kier molecular flexibility index (Phi) is 2.82. The first-order chi connectivity index (χ1) is 6.75. The Morgan fingerprint density at radius 1 is 1.36 bits per heavy atom. The van der Waals surface area contributed by atoms with Crippen LogP contribution in [0.3, 0.4) is 0 Å². The van der Waals surface area contributed by atoms with Crippen molar-refractivity contribution in [3.8, 4) is 0 Å². The number of rotatable bonds is 3. The van der Waals surface area contributed by atoms with Gasteiger partial charge in [0.2, 0.25) is 5.89 Å². The van der Waals surface area contributed by atoms with Crippen molar-refractivity contribution in [2.45, 2.75) is 39.2 Å². The molecular weight excluding hydrogens is 178 g/mol. The van der Waals surface area contributed by atoms with Crippen molar-refractivity contribution in [1.29, 1.82) is 0 Å². The lowest BCUT2D eigenvalue weighted by atomic mass is 10.2. The van der Waals surface area contributed by atoms with Crippen molar-refractivity contribution in [3.63, 3.8) is 0 Å². The Hall–Kier alpha value is -0.900. The van der Waals surface area contributed by atoms with E-state index < -0.39 is 0 Å². The molecule has 0 atom stereocenters. The molecule has 4 heteroatoms. The van der Waals surface area contributed by atoms with Gasteiger partial charge in [-0.2, -0.15) is 4.98 Å². The first-order valence-corrected chi connectivity index (χ1v) is 5.30. The zero-order valence-electron chi connectivity index (χ0n) is 8.86. The van der Waals surface area contributed by atoms with E-state index in [2.05, 4.69) is 28.9 Å². The molecule has 4 nitrogen and oxygen atoms in total. The monoisotopic (exact) mass is 195 g/mol. The lowest BCUT2D eigenvalue weighted by Crippen LogP contribution is -2.18. The van der Waals surface area contributed by atoms with Gasteiger partial charge >= 0.3 is 0 Å². The molecule has 0 aliphatic carbocycles. The third kappa shape index (κ3) is 2.12. The molecule has 1 aliphatic rings. The summed E-state index contributed by atoms with van der Waals surface area (Å²) in [6.07, 6.45) is 2.59. The average molecular weight is 195 g/mol. The molecule has 1 aromatic rings. The van der Waals surface area contributed by atoms with E-state index in [1.807, 2.05) is 0 Å². The van der Waals surface area contributed by atoms with Gasteiger partial charge in [-0.05, 0) is 25.9 Å². The summed E-state index contributed by atoms with van der Waals surface area (Å²) in [7, 11) is 0. The van der Waals surface area contributed by atoms with E-state index in [1.54, 1.807) is 0 Å². The summed E-state index contributed by atoms with van der Waals surface area (Å²) >= 11 is 0. The maximum atomic E-state index is 5.19. The smallest absolute Gasteiger partial charge is 0.240 e. The molecule has 1 aromatic heterocycles. The highest BCUT2D eigenvalue weighted by molar-refractivity contribution is 4.91. The summed E-state index contributed by atoms with van der Waals surface area (Å²) in [5.74, 6) is 1.93. The fraction of sp³-hybridized carbons (Fsp3) is 0.800. The molecule has 14 heavy (non-hydrogen) atoms. The van der Waals surface area contributed by atoms with Gasteiger partial charge in [-0.15, -0.1) is 0 Å². The van der Waals surface area contributed by atoms with Crippen LogP contribution in [0.25, 0.3) is 0 Å². The maximum absolute atomic E-state index is 5.19. The van der Waals surface area contributed by atoms with E-state index in [-0.39, 0.29) is 0 Å². The van der Waals surface area contributed by atoms with Crippen LogP contribution in [0, 0.1) is 0 Å². The SMILES string of the molecule is CC(C)c1noc(CN2CCCC2)n1. The second-order valence-electron chi connectivity index (χ2n) is 4.18. The zero-order valence-corrected chi connectivity index (χ0v) is 8.86. The topological polar surface area (TPSA) is 42.2 Å². The highest BCUT2D eigenvalue weighted by Crippen LogP contribution is 2.14. The Labute approximate surface area is 84.3 Å². The van der Waals surface area contributed by atoms with Crippen LogP contribution >= 0.6 is 0 Å². The summed E-state index contributed by atoms with van der Waals surface area (Å²) in [5, 5.41) is 3.94. The van der Waals surface area contributed by atoms with Crippen molar-refractivity contribution in [3.05, 3.63) is 11.7 Å². The van der Waals surface area contributed by atoms with Crippen molar-refractivity contribution in [2.75, 3.05) is 13.1 Å². The molecule has 0 N–H and O–H groups in total. The Bertz CT molecular complexity index is 289. The average Bonchev–Trinajstić information content (AvgIpc) is 2.75. The first-order valence-electron chi connectivity index (χ1n) is 5.30. The normalized spacial score (nSPS) is 18.2. The molecule has 1 aliphatic heterocycles. The van der Waals surface area contributed by atoms with Crippen LogP contribution in [0.4, 0.5) is 0 Å². The fourth-order valence-electron chi connectivity index (χ4n) is 1.70. The Morgan fingerprint density at radius 2 is 2.07 bits per heavy atom. The van der Waals surface area contributed by atoms with Crippen LogP contribution in [0.5, 0.6) is 0 Å². The van der Waals surface area contributed by atoms with Crippen LogP contribution in [-0.2, 0) is 6.54 Å². The molecule has 0 saturated carbocycles. The van der Waals surface area contributed by atoms with Gasteiger partial charge in [-0.1, -0.05) is 19.0 Å². The molecule has 78 valence electrons. The van der Waals surface area contributed by atoms with Gasteiger partial charge < -0.3 is 4.52 Å². The van der Waals surface area contributed by atoms with Gasteiger partial charge in [-0.3, -0.25) is 4.90 Å². The number of likely N-dealkylation sites (tertiary alicyclic amines) is 1. The standard InChI is InChI=1S/C10H17N3O/c1-8(2)10-11-9(14-12-10)7-13-5-3-4-6-13/h8H,3-7H2,1-2H3. The largest absolute Gasteiger partial charge is 0.338 e. The van der Waals surface area contributed by atoms with Crippen LogP contribution in [0.1, 0.15) is 44.3 Å². The molecule has 0 amide bonds. The number of nitrogens with zero attached hydrogens (tertiary/aromatic N) is 3. The molecule has 1 saturated heterocycles. The second kappa shape index (κ2) is 4.09. The van der Waals surface area contributed by atoms with Gasteiger partial charge in [0.05, 0.1) is 6.54 Å². The van der Waals surface area contributed by atoms with Crippen molar-refractivity contribution in [1.82, 2.24) is 15.0 Å². The van der Waals surface area contributed by atoms with E-state index in [0.29, 0.717) is 5.92 Å². The second-order valence-corrected chi connectivity index (χ2v) is 4.18. The summed E-state index contributed by atoms with van der Waals surface area (Å²) in [4.78, 5) is 6.71. The Morgan fingerprint density at radius 3 is 2.64 bits per heavy atom. The number of aromatic nitrogens is 2. The summed E-state index contributed by atoms with van der Waals surface area (Å²) in [6.45, 7) is 7.30. The van der Waals surface area contributed by atoms with Crippen LogP contribution in [-0.4, -0.2) is 28.1 Å². The summed E-state index contributed by atoms with van der Waals surface area (Å²) in [6, 6.07) is 0. The van der Waals surface area contributed by atoms with Crippen molar-refractivity contribution >= 4 is 0 Å². The molecule has 2 heterocycles. The molecule has 0 unspecified atom stereocenters. The maximum Gasteiger partial charge on any atom is 0.240 e. The lowest BCUT2D eigenvalue weighted by molar-refractivity contribution is 0.267. The van der Waals surface area contributed by atoms with Crippen molar-refractivity contribution in [2.24, 2.45) is 0 Å². The van der Waals surface area contributed by atoms with Gasteiger partial charge in [0.1, 0.15) is 0 Å². The van der Waals surface area contributed by atoms with Crippen molar-refractivity contribution < 1.29 is 4.52 Å². The van der Waals surface area contributed by atoms with E-state index in [9.17, 15) is 0 Å². The highest BCUT2D eigenvalue weighted by Gasteiger charge is 2.16. The van der Waals surface area contributed by atoms with E-state index in [4.69, 9.17) is 4.52 Å². The summed E-state index contributed by atoms with van der Waals surface area (Å²) in [5.41, 5.74) is 0. The Balaban J connectivity index is 1.95. The van der Waals surface area contributed by atoms with Crippen LogP contribution < -0.4 is 0 Å². The van der Waals surface area contributed by atoms with E-state index in [1.165, 1.54) is 25.9 Å². The van der Waals surface area contributed by atoms with Gasteiger partial charge in [0.15, 0.2) is 5.82 Å². The van der Waals surface area contributed by atoms with Crippen LogP contribution in [0.2, 0.25) is 0 Å². The zero-order chi connectivity index (χ0) is 9.97.